The molecule has 3 rings (SSSR count). The van der Waals surface area contributed by atoms with Crippen molar-refractivity contribution in [3.8, 4) is 0 Å². The van der Waals surface area contributed by atoms with Gasteiger partial charge in [0.05, 0.1) is 4.47 Å². The third-order valence-corrected chi connectivity index (χ3v) is 4.26. The van der Waals surface area contributed by atoms with Gasteiger partial charge in [0, 0.05) is 12.0 Å². The zero-order chi connectivity index (χ0) is 12.7. The number of rotatable bonds is 2. The molecule has 2 atom stereocenters. The number of halogens is 2. The summed E-state index contributed by atoms with van der Waals surface area (Å²) >= 11 is 3.20. The second-order valence-electron chi connectivity index (χ2n) is 4.71. The Bertz CT molecular complexity index is 597. The number of hydrogen-bond donors (Lipinski definition) is 1. The Morgan fingerprint density at radius 3 is 2.72 bits per heavy atom. The van der Waals surface area contributed by atoms with E-state index in [0.717, 1.165) is 12.0 Å². The second kappa shape index (κ2) is 4.48. The zero-order valence-corrected chi connectivity index (χ0v) is 11.3. The van der Waals surface area contributed by atoms with Crippen LogP contribution in [0.25, 0.3) is 0 Å². The summed E-state index contributed by atoms with van der Waals surface area (Å²) in [5, 5.41) is 0. The lowest BCUT2D eigenvalue weighted by Gasteiger charge is -2.35. The number of nitrogens with two attached hydrogens (primary N) is 1. The molecule has 0 spiro atoms. The molecule has 92 valence electrons. The highest BCUT2D eigenvalue weighted by Gasteiger charge is 2.31. The maximum atomic E-state index is 13.2. The Balaban J connectivity index is 1.88. The van der Waals surface area contributed by atoms with Crippen LogP contribution in [0, 0.1) is 5.82 Å². The molecule has 0 amide bonds. The third kappa shape index (κ3) is 1.88. The van der Waals surface area contributed by atoms with E-state index in [9.17, 15) is 4.39 Å². The van der Waals surface area contributed by atoms with E-state index in [1.54, 1.807) is 12.1 Å². The smallest absolute Gasteiger partial charge is 0.137 e. The summed E-state index contributed by atoms with van der Waals surface area (Å²) in [6.45, 7) is 0. The largest absolute Gasteiger partial charge is 0.323 e. The van der Waals surface area contributed by atoms with Crippen LogP contribution in [0.2, 0.25) is 0 Å². The van der Waals surface area contributed by atoms with E-state index in [1.165, 1.54) is 17.2 Å². The molecule has 0 bridgehead atoms. The van der Waals surface area contributed by atoms with Gasteiger partial charge < -0.3 is 5.73 Å². The Hall–Kier alpha value is -1.19. The highest BCUT2D eigenvalue weighted by atomic mass is 79.9. The maximum Gasteiger partial charge on any atom is 0.137 e. The first-order valence-corrected chi connectivity index (χ1v) is 6.74. The summed E-state index contributed by atoms with van der Waals surface area (Å²) in [4.78, 5) is 0. The first kappa shape index (κ1) is 11.9. The molecule has 0 aliphatic heterocycles. The first-order chi connectivity index (χ1) is 8.66. The monoisotopic (exact) mass is 305 g/mol. The lowest BCUT2D eigenvalue weighted by molar-refractivity contribution is 0.498. The molecule has 0 saturated heterocycles. The maximum absolute atomic E-state index is 13.2. The average Bonchev–Trinajstić information content (AvgIpc) is 2.34. The molecule has 2 aromatic rings. The van der Waals surface area contributed by atoms with Crippen molar-refractivity contribution < 1.29 is 4.39 Å². The molecule has 1 aliphatic carbocycles. The van der Waals surface area contributed by atoms with Crippen molar-refractivity contribution in [1.82, 2.24) is 0 Å². The summed E-state index contributed by atoms with van der Waals surface area (Å²) in [5.41, 5.74) is 9.96. The minimum Gasteiger partial charge on any atom is -0.323 e. The van der Waals surface area contributed by atoms with Crippen molar-refractivity contribution >= 4 is 15.9 Å². The fourth-order valence-electron chi connectivity index (χ4n) is 2.57. The fourth-order valence-corrected chi connectivity index (χ4v) is 2.97. The van der Waals surface area contributed by atoms with Gasteiger partial charge in [0.25, 0.3) is 0 Å². The van der Waals surface area contributed by atoms with Gasteiger partial charge in [-0.3, -0.25) is 0 Å². The van der Waals surface area contributed by atoms with Crippen molar-refractivity contribution in [2.24, 2.45) is 5.73 Å². The molecule has 0 fully saturated rings. The molecule has 2 unspecified atom stereocenters. The zero-order valence-electron chi connectivity index (χ0n) is 9.74. The van der Waals surface area contributed by atoms with Gasteiger partial charge in [0.2, 0.25) is 0 Å². The minimum atomic E-state index is -0.250. The van der Waals surface area contributed by atoms with Gasteiger partial charge in [-0.15, -0.1) is 0 Å². The number of hydrogen-bond acceptors (Lipinski definition) is 1. The summed E-state index contributed by atoms with van der Waals surface area (Å²) in [6, 6.07) is 13.3. The Kier molecular flexibility index (Phi) is 2.96. The van der Waals surface area contributed by atoms with E-state index in [-0.39, 0.29) is 11.9 Å². The van der Waals surface area contributed by atoms with Gasteiger partial charge in [0.15, 0.2) is 0 Å². The molecule has 3 heteroatoms. The van der Waals surface area contributed by atoms with Gasteiger partial charge in [-0.25, -0.2) is 4.39 Å². The highest BCUT2D eigenvalue weighted by molar-refractivity contribution is 9.10. The highest BCUT2D eigenvalue weighted by Crippen LogP contribution is 2.42. The average molecular weight is 306 g/mol. The van der Waals surface area contributed by atoms with Crippen molar-refractivity contribution in [3.63, 3.8) is 0 Å². The van der Waals surface area contributed by atoms with E-state index >= 15 is 0 Å². The van der Waals surface area contributed by atoms with Crippen LogP contribution < -0.4 is 5.73 Å². The van der Waals surface area contributed by atoms with Crippen LogP contribution in [-0.4, -0.2) is 0 Å². The fraction of sp³-hybridized carbons (Fsp3) is 0.200. The van der Waals surface area contributed by atoms with Crippen LogP contribution >= 0.6 is 15.9 Å². The minimum absolute atomic E-state index is 0.0724. The van der Waals surface area contributed by atoms with E-state index in [0.29, 0.717) is 10.4 Å². The molecule has 0 saturated carbocycles. The van der Waals surface area contributed by atoms with Crippen LogP contribution in [0.4, 0.5) is 4.39 Å². The molecule has 1 nitrogen and oxygen atoms in total. The summed E-state index contributed by atoms with van der Waals surface area (Å²) in [5.74, 6) is 0.0959. The van der Waals surface area contributed by atoms with Gasteiger partial charge in [-0.2, -0.15) is 0 Å². The number of fused-ring (bicyclic) bond motifs is 1. The van der Waals surface area contributed by atoms with Crippen LogP contribution in [0.5, 0.6) is 0 Å². The summed E-state index contributed by atoms with van der Waals surface area (Å²) in [7, 11) is 0. The molecule has 18 heavy (non-hydrogen) atoms. The van der Waals surface area contributed by atoms with E-state index in [4.69, 9.17) is 5.73 Å². The molecular weight excluding hydrogens is 293 g/mol. The molecule has 1 aliphatic rings. The van der Waals surface area contributed by atoms with Crippen LogP contribution in [0.1, 0.15) is 28.7 Å². The van der Waals surface area contributed by atoms with Gasteiger partial charge >= 0.3 is 0 Å². The molecule has 0 heterocycles. The van der Waals surface area contributed by atoms with Crippen molar-refractivity contribution in [2.75, 3.05) is 0 Å². The van der Waals surface area contributed by atoms with E-state index in [1.807, 2.05) is 6.07 Å². The van der Waals surface area contributed by atoms with Crippen LogP contribution in [0.15, 0.2) is 46.9 Å². The van der Waals surface area contributed by atoms with Crippen molar-refractivity contribution in [1.29, 1.82) is 0 Å². The van der Waals surface area contributed by atoms with E-state index in [2.05, 4.69) is 34.1 Å². The Labute approximate surface area is 114 Å². The Morgan fingerprint density at radius 1 is 1.22 bits per heavy atom. The third-order valence-electron chi connectivity index (χ3n) is 3.66. The van der Waals surface area contributed by atoms with Crippen molar-refractivity contribution in [3.05, 3.63) is 69.4 Å². The van der Waals surface area contributed by atoms with Gasteiger partial charge in [0.1, 0.15) is 5.82 Å². The SMILES string of the molecule is NC(c1ccc(F)c(Br)c1)C1Cc2ccccc21. The lowest BCUT2D eigenvalue weighted by atomic mass is 9.72. The molecule has 2 aromatic carbocycles. The second-order valence-corrected chi connectivity index (χ2v) is 5.56. The van der Waals surface area contributed by atoms with Crippen LogP contribution in [0.3, 0.4) is 0 Å². The predicted octanol–water partition coefficient (Wildman–Crippen LogP) is 3.93. The number of benzene rings is 2. The molecule has 0 aromatic heterocycles. The normalized spacial score (nSPS) is 18.9. The molecule has 2 N–H and O–H groups in total. The van der Waals surface area contributed by atoms with Gasteiger partial charge in [-0.1, -0.05) is 30.3 Å². The summed E-state index contributed by atoms with van der Waals surface area (Å²) in [6.07, 6.45) is 1.01. The molecular formula is C15H13BrFN. The predicted molar refractivity (Wildman–Crippen MR) is 73.9 cm³/mol. The Morgan fingerprint density at radius 2 is 2.00 bits per heavy atom. The van der Waals surface area contributed by atoms with Crippen molar-refractivity contribution in [2.45, 2.75) is 18.4 Å². The molecule has 0 radical (unpaired) electrons. The van der Waals surface area contributed by atoms with Gasteiger partial charge in [-0.05, 0) is 51.2 Å². The standard InChI is InChI=1S/C15H13BrFN/c16-13-8-10(5-6-14(13)17)15(18)12-7-9-3-1-2-4-11(9)12/h1-6,8,12,15H,7,18H2. The lowest BCUT2D eigenvalue weighted by Crippen LogP contribution is -2.28. The summed E-state index contributed by atoms with van der Waals surface area (Å²) < 4.78 is 13.7. The quantitative estimate of drug-likeness (QED) is 0.894. The topological polar surface area (TPSA) is 26.0 Å². The first-order valence-electron chi connectivity index (χ1n) is 5.95. The van der Waals surface area contributed by atoms with Crippen LogP contribution in [-0.2, 0) is 6.42 Å². The van der Waals surface area contributed by atoms with E-state index < -0.39 is 0 Å².